The molecule has 1 aliphatic carbocycles. The Hall–Kier alpha value is -3.35. The molecule has 3 amide bonds. The maximum absolute atomic E-state index is 12.4. The topological polar surface area (TPSA) is 90.5 Å². The molecule has 0 bridgehead atoms. The van der Waals surface area contributed by atoms with E-state index in [4.69, 9.17) is 0 Å². The summed E-state index contributed by atoms with van der Waals surface area (Å²) >= 11 is 0. The third kappa shape index (κ3) is 6.57. The van der Waals surface area contributed by atoms with Crippen molar-refractivity contribution < 1.29 is 14.4 Å². The number of hydrogen-bond donors (Lipinski definition) is 3. The van der Waals surface area contributed by atoms with Crippen molar-refractivity contribution in [1.29, 1.82) is 0 Å². The Morgan fingerprint density at radius 2 is 1.42 bits per heavy atom. The summed E-state index contributed by atoms with van der Waals surface area (Å²) in [5.41, 5.74) is 2.56. The van der Waals surface area contributed by atoms with Crippen molar-refractivity contribution >= 4 is 29.1 Å². The number of amides is 3. The molecule has 0 atom stereocenters. The molecule has 7 heteroatoms. The van der Waals surface area contributed by atoms with Crippen molar-refractivity contribution in [3.63, 3.8) is 0 Å². The van der Waals surface area contributed by atoms with Crippen LogP contribution in [0.5, 0.6) is 0 Å². The van der Waals surface area contributed by atoms with Gasteiger partial charge in [-0.15, -0.1) is 0 Å². The molecule has 1 fully saturated rings. The van der Waals surface area contributed by atoms with Gasteiger partial charge >= 0.3 is 0 Å². The predicted octanol–water partition coefficient (Wildman–Crippen LogP) is 3.50. The highest BCUT2D eigenvalue weighted by atomic mass is 16.2. The van der Waals surface area contributed by atoms with Crippen molar-refractivity contribution in [2.45, 2.75) is 38.1 Å². The summed E-state index contributed by atoms with van der Waals surface area (Å²) in [7, 11) is 3.41. The van der Waals surface area contributed by atoms with Crippen LogP contribution in [0, 0.1) is 0 Å². The summed E-state index contributed by atoms with van der Waals surface area (Å²) in [4.78, 5) is 38.0. The lowest BCUT2D eigenvalue weighted by atomic mass is 9.95. The number of benzene rings is 2. The molecule has 0 unspecified atom stereocenters. The van der Waals surface area contributed by atoms with Gasteiger partial charge in [-0.25, -0.2) is 0 Å². The van der Waals surface area contributed by atoms with E-state index >= 15 is 0 Å². The molecular weight excluding hydrogens is 392 g/mol. The fourth-order valence-electron chi connectivity index (χ4n) is 3.60. The van der Waals surface area contributed by atoms with E-state index in [1.54, 1.807) is 62.6 Å². The van der Waals surface area contributed by atoms with Gasteiger partial charge in [0.05, 0.1) is 6.54 Å². The van der Waals surface area contributed by atoms with Gasteiger partial charge in [0.1, 0.15) is 0 Å². The molecule has 7 nitrogen and oxygen atoms in total. The molecule has 1 aliphatic rings. The summed E-state index contributed by atoms with van der Waals surface area (Å²) in [6, 6.07) is 14.2. The molecule has 0 aromatic heterocycles. The Bertz CT molecular complexity index is 901. The predicted molar refractivity (Wildman–Crippen MR) is 122 cm³/mol. The number of nitrogens with zero attached hydrogens (tertiary/aromatic N) is 1. The largest absolute Gasteiger partial charge is 0.376 e. The van der Waals surface area contributed by atoms with E-state index in [0.29, 0.717) is 16.8 Å². The summed E-state index contributed by atoms with van der Waals surface area (Å²) in [6.07, 6.45) is 5.67. The van der Waals surface area contributed by atoms with Gasteiger partial charge in [-0.1, -0.05) is 19.3 Å². The lowest BCUT2D eigenvalue weighted by molar-refractivity contribution is -0.114. The van der Waals surface area contributed by atoms with Crippen LogP contribution in [0.25, 0.3) is 0 Å². The van der Waals surface area contributed by atoms with Crippen molar-refractivity contribution in [3.05, 3.63) is 59.7 Å². The summed E-state index contributed by atoms with van der Waals surface area (Å²) in [5.74, 6) is -0.337. The molecule has 0 saturated heterocycles. The highest BCUT2D eigenvalue weighted by molar-refractivity contribution is 5.97. The molecule has 164 valence electrons. The first-order valence-electron chi connectivity index (χ1n) is 10.7. The third-order valence-corrected chi connectivity index (χ3v) is 5.36. The molecular formula is C24H30N4O3. The first kappa shape index (κ1) is 22.3. The Labute approximate surface area is 183 Å². The molecule has 2 aromatic carbocycles. The number of rotatable bonds is 7. The maximum atomic E-state index is 12.4. The Kier molecular flexibility index (Phi) is 7.65. The zero-order valence-electron chi connectivity index (χ0n) is 18.1. The quantitative estimate of drug-likeness (QED) is 0.637. The molecule has 3 rings (SSSR count). The number of anilines is 2. The Morgan fingerprint density at radius 3 is 2.03 bits per heavy atom. The standard InChI is InChI=1S/C24H30N4O3/c1-28(2)24(31)18-10-12-19(13-11-18)25-16-22(29)26-21-14-8-17(9-15-21)23(30)27-20-6-4-3-5-7-20/h8-15,20,25H,3-7,16H2,1-2H3,(H,26,29)(H,27,30). The zero-order valence-corrected chi connectivity index (χ0v) is 18.1. The van der Waals surface area contributed by atoms with Crippen LogP contribution in [0.15, 0.2) is 48.5 Å². The van der Waals surface area contributed by atoms with Crippen LogP contribution in [-0.4, -0.2) is 49.3 Å². The molecule has 1 saturated carbocycles. The van der Waals surface area contributed by atoms with E-state index < -0.39 is 0 Å². The second-order valence-electron chi connectivity index (χ2n) is 8.06. The number of carbonyl (C=O) groups excluding carboxylic acids is 3. The smallest absolute Gasteiger partial charge is 0.253 e. The fourth-order valence-corrected chi connectivity index (χ4v) is 3.60. The van der Waals surface area contributed by atoms with E-state index in [2.05, 4.69) is 16.0 Å². The van der Waals surface area contributed by atoms with Gasteiger partial charge in [0.15, 0.2) is 0 Å². The third-order valence-electron chi connectivity index (χ3n) is 5.36. The lowest BCUT2D eigenvalue weighted by Gasteiger charge is -2.22. The highest BCUT2D eigenvalue weighted by Gasteiger charge is 2.16. The second-order valence-corrected chi connectivity index (χ2v) is 8.06. The van der Waals surface area contributed by atoms with Crippen molar-refractivity contribution in [1.82, 2.24) is 10.2 Å². The normalized spacial score (nSPS) is 13.9. The second kappa shape index (κ2) is 10.6. The molecule has 0 radical (unpaired) electrons. The average molecular weight is 423 g/mol. The average Bonchev–Trinajstić information content (AvgIpc) is 2.78. The SMILES string of the molecule is CN(C)C(=O)c1ccc(NCC(=O)Nc2ccc(C(=O)NC3CCCCC3)cc2)cc1. The van der Waals surface area contributed by atoms with E-state index in [1.807, 2.05) is 0 Å². The zero-order chi connectivity index (χ0) is 22.2. The van der Waals surface area contributed by atoms with Crippen LogP contribution in [0.4, 0.5) is 11.4 Å². The maximum Gasteiger partial charge on any atom is 0.253 e. The molecule has 0 heterocycles. The van der Waals surface area contributed by atoms with Gasteiger partial charge < -0.3 is 20.9 Å². The Balaban J connectivity index is 1.46. The van der Waals surface area contributed by atoms with Gasteiger partial charge in [0, 0.05) is 42.6 Å². The van der Waals surface area contributed by atoms with Gasteiger partial charge in [-0.2, -0.15) is 0 Å². The van der Waals surface area contributed by atoms with Gasteiger partial charge in [0.25, 0.3) is 11.8 Å². The molecule has 0 aliphatic heterocycles. The molecule has 3 N–H and O–H groups in total. The molecule has 0 spiro atoms. The van der Waals surface area contributed by atoms with E-state index in [0.717, 1.165) is 18.5 Å². The van der Waals surface area contributed by atoms with Crippen molar-refractivity contribution in [3.8, 4) is 0 Å². The van der Waals surface area contributed by atoms with Crippen LogP contribution >= 0.6 is 0 Å². The highest BCUT2D eigenvalue weighted by Crippen LogP contribution is 2.18. The summed E-state index contributed by atoms with van der Waals surface area (Å²) in [6.45, 7) is 0.0882. The van der Waals surface area contributed by atoms with Crippen LogP contribution in [-0.2, 0) is 4.79 Å². The first-order valence-corrected chi connectivity index (χ1v) is 10.7. The van der Waals surface area contributed by atoms with Crippen LogP contribution in [0.2, 0.25) is 0 Å². The molecule has 2 aromatic rings. The van der Waals surface area contributed by atoms with E-state index in [9.17, 15) is 14.4 Å². The minimum atomic E-state index is -0.201. The van der Waals surface area contributed by atoms with Crippen LogP contribution in [0.3, 0.4) is 0 Å². The molecule has 31 heavy (non-hydrogen) atoms. The Morgan fingerprint density at radius 1 is 0.839 bits per heavy atom. The van der Waals surface area contributed by atoms with Gasteiger partial charge in [-0.05, 0) is 61.4 Å². The summed E-state index contributed by atoms with van der Waals surface area (Å²) in [5, 5.41) is 8.94. The number of nitrogens with one attached hydrogen (secondary N) is 3. The van der Waals surface area contributed by atoms with Crippen molar-refractivity contribution in [2.75, 3.05) is 31.3 Å². The first-order chi connectivity index (χ1) is 14.9. The van der Waals surface area contributed by atoms with Crippen molar-refractivity contribution in [2.24, 2.45) is 0 Å². The number of hydrogen-bond acceptors (Lipinski definition) is 4. The lowest BCUT2D eigenvalue weighted by Crippen LogP contribution is -2.36. The van der Waals surface area contributed by atoms with Crippen LogP contribution in [0.1, 0.15) is 52.8 Å². The summed E-state index contributed by atoms with van der Waals surface area (Å²) < 4.78 is 0. The number of carbonyl (C=O) groups is 3. The minimum Gasteiger partial charge on any atom is -0.376 e. The monoisotopic (exact) mass is 422 g/mol. The minimum absolute atomic E-state index is 0.0670. The van der Waals surface area contributed by atoms with E-state index in [1.165, 1.54) is 24.2 Å². The van der Waals surface area contributed by atoms with Crippen LogP contribution < -0.4 is 16.0 Å². The van der Waals surface area contributed by atoms with Gasteiger partial charge in [0.2, 0.25) is 5.91 Å². The van der Waals surface area contributed by atoms with E-state index in [-0.39, 0.29) is 30.3 Å². The van der Waals surface area contributed by atoms with Gasteiger partial charge in [-0.3, -0.25) is 14.4 Å². The fraction of sp³-hybridized carbons (Fsp3) is 0.375.